The van der Waals surface area contributed by atoms with Gasteiger partial charge < -0.3 is 10.6 Å². The molecule has 34 heavy (non-hydrogen) atoms. The molecule has 0 saturated heterocycles. The van der Waals surface area contributed by atoms with Crippen molar-refractivity contribution in [1.82, 2.24) is 20.3 Å². The van der Waals surface area contributed by atoms with Gasteiger partial charge >= 0.3 is 6.18 Å². The third-order valence-corrected chi connectivity index (χ3v) is 5.79. The normalized spacial score (nSPS) is 14.3. The second-order valence-electron chi connectivity index (χ2n) is 7.75. The first-order chi connectivity index (χ1) is 16.1. The molecule has 0 spiro atoms. The third-order valence-electron chi connectivity index (χ3n) is 5.30. The second-order valence-corrected chi connectivity index (χ2v) is 8.66. The van der Waals surface area contributed by atoms with E-state index in [2.05, 4.69) is 41.5 Å². The number of amides is 2. The SMILES string of the molecule is CN(C(=O)C1(NC(=O)c2cncnc2)CC1)c1ccc(Nc2ccc(Br)cc2C(F)(F)F)cn1. The molecular formula is C22H18BrF3N6O2. The number of likely N-dealkylation sites (N-methyl/N-ethyl adjacent to an activating group) is 1. The molecule has 1 saturated carbocycles. The highest BCUT2D eigenvalue weighted by molar-refractivity contribution is 9.10. The Morgan fingerprint density at radius 3 is 2.38 bits per heavy atom. The summed E-state index contributed by atoms with van der Waals surface area (Å²) < 4.78 is 40.4. The van der Waals surface area contributed by atoms with Crippen molar-refractivity contribution < 1.29 is 22.8 Å². The summed E-state index contributed by atoms with van der Waals surface area (Å²) in [4.78, 5) is 38.6. The molecule has 176 valence electrons. The zero-order valence-corrected chi connectivity index (χ0v) is 19.3. The van der Waals surface area contributed by atoms with Gasteiger partial charge in [-0.3, -0.25) is 14.5 Å². The highest BCUT2D eigenvalue weighted by atomic mass is 79.9. The van der Waals surface area contributed by atoms with Crippen LogP contribution in [0, 0.1) is 0 Å². The predicted octanol–water partition coefficient (Wildman–Crippen LogP) is 4.32. The third kappa shape index (κ3) is 5.01. The number of benzene rings is 1. The number of hydrogen-bond donors (Lipinski definition) is 2. The maximum absolute atomic E-state index is 13.3. The zero-order chi connectivity index (χ0) is 24.5. The highest BCUT2D eigenvalue weighted by Crippen LogP contribution is 2.39. The Morgan fingerprint density at radius 1 is 1.09 bits per heavy atom. The van der Waals surface area contributed by atoms with Gasteiger partial charge in [-0.1, -0.05) is 15.9 Å². The molecule has 0 atom stereocenters. The molecular weight excluding hydrogens is 517 g/mol. The van der Waals surface area contributed by atoms with Gasteiger partial charge in [-0.25, -0.2) is 15.0 Å². The summed E-state index contributed by atoms with van der Waals surface area (Å²) >= 11 is 3.05. The van der Waals surface area contributed by atoms with Crippen LogP contribution in [0.5, 0.6) is 0 Å². The standard InChI is InChI=1S/C22H18BrF3N6O2/c1-32(20(34)21(6-7-21)31-19(33)13-9-27-12-28-10-13)18-5-3-15(11-29-18)30-17-4-2-14(23)8-16(17)22(24,25)26/h2-5,8-12,30H,6-7H2,1H3,(H,31,33). The van der Waals surface area contributed by atoms with Crippen LogP contribution in [0.25, 0.3) is 0 Å². The van der Waals surface area contributed by atoms with E-state index in [1.165, 1.54) is 61.1 Å². The Bertz CT molecular complexity index is 1220. The van der Waals surface area contributed by atoms with Crippen LogP contribution in [-0.4, -0.2) is 39.4 Å². The average Bonchev–Trinajstić information content (AvgIpc) is 3.60. The summed E-state index contributed by atoms with van der Waals surface area (Å²) in [5.41, 5.74) is -1.44. The maximum Gasteiger partial charge on any atom is 0.418 e. The van der Waals surface area contributed by atoms with Crippen molar-refractivity contribution in [3.8, 4) is 0 Å². The van der Waals surface area contributed by atoms with Gasteiger partial charge in [-0.2, -0.15) is 13.2 Å². The lowest BCUT2D eigenvalue weighted by molar-refractivity contribution is -0.137. The molecule has 0 unspecified atom stereocenters. The lowest BCUT2D eigenvalue weighted by atomic mass is 10.1. The van der Waals surface area contributed by atoms with Crippen LogP contribution in [-0.2, 0) is 11.0 Å². The van der Waals surface area contributed by atoms with Gasteiger partial charge in [-0.05, 0) is 43.2 Å². The molecule has 2 aromatic heterocycles. The van der Waals surface area contributed by atoms with E-state index in [0.29, 0.717) is 23.0 Å². The number of nitrogens with one attached hydrogen (secondary N) is 2. The fraction of sp³-hybridized carbons (Fsp3) is 0.227. The number of alkyl halides is 3. The fourth-order valence-corrected chi connectivity index (χ4v) is 3.68. The van der Waals surface area contributed by atoms with E-state index in [1.807, 2.05) is 0 Å². The first kappa shape index (κ1) is 23.6. The van der Waals surface area contributed by atoms with Gasteiger partial charge in [0.2, 0.25) is 0 Å². The minimum Gasteiger partial charge on any atom is -0.354 e. The number of aromatic nitrogens is 3. The average molecular weight is 535 g/mol. The van der Waals surface area contributed by atoms with Crippen LogP contribution in [0.4, 0.5) is 30.4 Å². The Morgan fingerprint density at radius 2 is 1.79 bits per heavy atom. The molecule has 2 amide bonds. The number of anilines is 3. The van der Waals surface area contributed by atoms with Gasteiger partial charge in [0, 0.05) is 23.9 Å². The molecule has 0 radical (unpaired) electrons. The summed E-state index contributed by atoms with van der Waals surface area (Å²) in [6.45, 7) is 0. The monoisotopic (exact) mass is 534 g/mol. The predicted molar refractivity (Wildman–Crippen MR) is 122 cm³/mol. The van der Waals surface area contributed by atoms with E-state index in [-0.39, 0.29) is 23.0 Å². The van der Waals surface area contributed by atoms with Crippen molar-refractivity contribution >= 4 is 44.9 Å². The van der Waals surface area contributed by atoms with E-state index < -0.39 is 23.2 Å². The largest absolute Gasteiger partial charge is 0.418 e. The molecule has 1 fully saturated rings. The van der Waals surface area contributed by atoms with Crippen molar-refractivity contribution in [2.75, 3.05) is 17.3 Å². The Labute approximate surface area is 200 Å². The minimum absolute atomic E-state index is 0.126. The zero-order valence-electron chi connectivity index (χ0n) is 17.7. The minimum atomic E-state index is -4.54. The van der Waals surface area contributed by atoms with E-state index in [4.69, 9.17) is 0 Å². The molecule has 12 heteroatoms. The lowest BCUT2D eigenvalue weighted by Gasteiger charge is -2.24. The van der Waals surface area contributed by atoms with Crippen LogP contribution < -0.4 is 15.5 Å². The smallest absolute Gasteiger partial charge is 0.354 e. The summed E-state index contributed by atoms with van der Waals surface area (Å²) in [6.07, 6.45) is 1.75. The first-order valence-corrected chi connectivity index (χ1v) is 10.8. The van der Waals surface area contributed by atoms with E-state index in [0.717, 1.165) is 6.07 Å². The fourth-order valence-electron chi connectivity index (χ4n) is 3.32. The van der Waals surface area contributed by atoms with Crippen molar-refractivity contribution in [2.45, 2.75) is 24.6 Å². The van der Waals surface area contributed by atoms with E-state index in [1.54, 1.807) is 0 Å². The number of nitrogens with zero attached hydrogens (tertiary/aromatic N) is 4. The molecule has 1 aromatic carbocycles. The van der Waals surface area contributed by atoms with Crippen LogP contribution in [0.15, 0.2) is 59.7 Å². The molecule has 0 bridgehead atoms. The van der Waals surface area contributed by atoms with Crippen molar-refractivity contribution in [3.63, 3.8) is 0 Å². The van der Waals surface area contributed by atoms with Crippen molar-refractivity contribution in [1.29, 1.82) is 0 Å². The van der Waals surface area contributed by atoms with Gasteiger partial charge in [0.1, 0.15) is 17.7 Å². The quantitative estimate of drug-likeness (QED) is 0.488. The molecule has 2 N–H and O–H groups in total. The van der Waals surface area contributed by atoms with Crippen LogP contribution in [0.2, 0.25) is 0 Å². The van der Waals surface area contributed by atoms with Gasteiger partial charge in [0.15, 0.2) is 0 Å². The maximum atomic E-state index is 13.3. The van der Waals surface area contributed by atoms with Crippen molar-refractivity contribution in [2.24, 2.45) is 0 Å². The molecule has 1 aliphatic carbocycles. The van der Waals surface area contributed by atoms with Crippen LogP contribution in [0.3, 0.4) is 0 Å². The summed E-state index contributed by atoms with van der Waals surface area (Å²) in [7, 11) is 1.52. The summed E-state index contributed by atoms with van der Waals surface area (Å²) in [5.74, 6) is -0.522. The molecule has 1 aliphatic rings. The highest BCUT2D eigenvalue weighted by Gasteiger charge is 2.53. The molecule has 8 nitrogen and oxygen atoms in total. The molecule has 2 heterocycles. The number of hydrogen-bond acceptors (Lipinski definition) is 6. The Balaban J connectivity index is 1.46. The van der Waals surface area contributed by atoms with Crippen LogP contribution in [0.1, 0.15) is 28.8 Å². The molecule has 4 rings (SSSR count). The topological polar surface area (TPSA) is 100 Å². The van der Waals surface area contributed by atoms with Crippen LogP contribution >= 0.6 is 15.9 Å². The number of carbonyl (C=O) groups excluding carboxylic acids is 2. The number of pyridine rings is 1. The Hall–Kier alpha value is -3.54. The Kier molecular flexibility index (Phi) is 6.26. The van der Waals surface area contributed by atoms with Crippen molar-refractivity contribution in [3.05, 3.63) is 70.8 Å². The number of rotatable bonds is 6. The first-order valence-electron chi connectivity index (χ1n) is 10.0. The van der Waals surface area contributed by atoms with E-state index >= 15 is 0 Å². The second kappa shape index (κ2) is 9.01. The lowest BCUT2D eigenvalue weighted by Crippen LogP contribution is -2.50. The van der Waals surface area contributed by atoms with E-state index in [9.17, 15) is 22.8 Å². The number of carbonyl (C=O) groups is 2. The molecule has 0 aliphatic heterocycles. The number of halogens is 4. The van der Waals surface area contributed by atoms with Gasteiger partial charge in [0.25, 0.3) is 11.8 Å². The summed E-state index contributed by atoms with van der Waals surface area (Å²) in [6, 6.07) is 6.83. The van der Waals surface area contributed by atoms with Gasteiger partial charge in [0.05, 0.1) is 28.7 Å². The molecule has 3 aromatic rings. The van der Waals surface area contributed by atoms with Gasteiger partial charge in [-0.15, -0.1) is 0 Å². The summed E-state index contributed by atoms with van der Waals surface area (Å²) in [5, 5.41) is 5.46.